The molecule has 0 aliphatic rings. The number of pyridine rings is 1. The minimum absolute atomic E-state index is 0.236. The van der Waals surface area contributed by atoms with Crippen molar-refractivity contribution in [2.24, 2.45) is 0 Å². The Morgan fingerprint density at radius 2 is 2.00 bits per heavy atom. The molecule has 1 aromatic heterocycles. The van der Waals surface area contributed by atoms with Gasteiger partial charge in [-0.1, -0.05) is 12.1 Å². The number of hydrogen-bond donors (Lipinski definition) is 2. The van der Waals surface area contributed by atoms with Crippen LogP contribution in [0.15, 0.2) is 41.0 Å². The van der Waals surface area contributed by atoms with Crippen LogP contribution < -0.4 is 11.1 Å². The van der Waals surface area contributed by atoms with E-state index in [9.17, 15) is 13.2 Å². The predicted octanol–water partition coefficient (Wildman–Crippen LogP) is 4.06. The number of alkyl halides is 3. The largest absolute Gasteiger partial charge is 0.416 e. The number of nitrogens with one attached hydrogen (secondary N) is 1. The molecule has 3 nitrogen and oxygen atoms in total. The first kappa shape index (κ1) is 14.6. The van der Waals surface area contributed by atoms with Crippen LogP contribution in [0, 0.1) is 0 Å². The molecule has 0 radical (unpaired) electrons. The van der Waals surface area contributed by atoms with E-state index in [0.29, 0.717) is 21.5 Å². The maximum Gasteiger partial charge on any atom is 0.416 e. The van der Waals surface area contributed by atoms with Gasteiger partial charge in [-0.15, -0.1) is 0 Å². The van der Waals surface area contributed by atoms with E-state index in [4.69, 9.17) is 5.73 Å². The van der Waals surface area contributed by atoms with Crippen LogP contribution in [0.1, 0.15) is 11.1 Å². The number of nitrogens with two attached hydrogens (primary N) is 1. The minimum atomic E-state index is -4.34. The highest BCUT2D eigenvalue weighted by Crippen LogP contribution is 2.30. The zero-order chi connectivity index (χ0) is 14.8. The summed E-state index contributed by atoms with van der Waals surface area (Å²) in [7, 11) is 0. The van der Waals surface area contributed by atoms with Crippen LogP contribution in [-0.4, -0.2) is 4.98 Å². The first-order valence-electron chi connectivity index (χ1n) is 5.67. The first-order chi connectivity index (χ1) is 9.36. The summed E-state index contributed by atoms with van der Waals surface area (Å²) in [6, 6.07) is 6.82. The molecule has 1 aromatic carbocycles. The molecule has 0 unspecified atom stereocenters. The Balaban J connectivity index is 2.11. The van der Waals surface area contributed by atoms with Crippen LogP contribution in [0.2, 0.25) is 0 Å². The first-order valence-corrected chi connectivity index (χ1v) is 6.46. The zero-order valence-electron chi connectivity index (χ0n) is 10.2. The van der Waals surface area contributed by atoms with Gasteiger partial charge in [0.1, 0.15) is 5.82 Å². The number of benzene rings is 1. The van der Waals surface area contributed by atoms with Crippen molar-refractivity contribution in [2.75, 3.05) is 11.1 Å². The highest BCUT2D eigenvalue weighted by Gasteiger charge is 2.30. The predicted molar refractivity (Wildman–Crippen MR) is 75.1 cm³/mol. The van der Waals surface area contributed by atoms with E-state index < -0.39 is 11.7 Å². The summed E-state index contributed by atoms with van der Waals surface area (Å²) in [4.78, 5) is 4.06. The molecule has 1 heterocycles. The Bertz CT molecular complexity index is 614. The molecule has 7 heteroatoms. The molecule has 0 saturated heterocycles. The fourth-order valence-electron chi connectivity index (χ4n) is 1.63. The number of nitrogens with zero attached hydrogens (tertiary/aromatic N) is 1. The van der Waals surface area contributed by atoms with E-state index in [2.05, 4.69) is 26.2 Å². The molecule has 2 aromatic rings. The van der Waals surface area contributed by atoms with Crippen LogP contribution in [0.25, 0.3) is 0 Å². The Labute approximate surface area is 122 Å². The lowest BCUT2D eigenvalue weighted by molar-refractivity contribution is -0.137. The highest BCUT2D eigenvalue weighted by molar-refractivity contribution is 9.10. The van der Waals surface area contributed by atoms with Crippen LogP contribution >= 0.6 is 15.9 Å². The summed E-state index contributed by atoms with van der Waals surface area (Å²) < 4.78 is 38.4. The Hall–Kier alpha value is -1.76. The highest BCUT2D eigenvalue weighted by atomic mass is 79.9. The molecule has 0 bridgehead atoms. The summed E-state index contributed by atoms with van der Waals surface area (Å²) in [6.07, 6.45) is -2.87. The maximum atomic E-state index is 12.6. The lowest BCUT2D eigenvalue weighted by Crippen LogP contribution is -2.07. The van der Waals surface area contributed by atoms with Gasteiger partial charge in [0.25, 0.3) is 0 Å². The molecule has 0 aliphatic carbocycles. The van der Waals surface area contributed by atoms with Gasteiger partial charge in [0.05, 0.1) is 21.9 Å². The van der Waals surface area contributed by atoms with E-state index in [1.165, 1.54) is 12.3 Å². The lowest BCUT2D eigenvalue weighted by atomic mass is 10.1. The normalized spacial score (nSPS) is 11.4. The summed E-state index contributed by atoms with van der Waals surface area (Å²) in [6.45, 7) is 0.236. The van der Waals surface area contributed by atoms with Crippen molar-refractivity contribution in [3.05, 3.63) is 52.1 Å². The van der Waals surface area contributed by atoms with E-state index in [0.717, 1.165) is 12.1 Å². The van der Waals surface area contributed by atoms with Crippen LogP contribution in [0.5, 0.6) is 0 Å². The van der Waals surface area contributed by atoms with Crippen molar-refractivity contribution in [3.63, 3.8) is 0 Å². The number of rotatable bonds is 3. The third-order valence-corrected chi connectivity index (χ3v) is 3.18. The maximum absolute atomic E-state index is 12.6. The van der Waals surface area contributed by atoms with Crippen LogP contribution in [0.3, 0.4) is 0 Å². The van der Waals surface area contributed by atoms with E-state index in [-0.39, 0.29) is 6.54 Å². The Kier molecular flexibility index (Phi) is 4.17. The molecule has 0 saturated carbocycles. The standard InChI is InChI=1S/C13H11BrF3N3/c14-11-5-10(18)7-20-12(11)19-6-8-2-1-3-9(4-8)13(15,16)17/h1-5,7H,6,18H2,(H,19,20). The van der Waals surface area contributed by atoms with Gasteiger partial charge in [-0.2, -0.15) is 13.2 Å². The van der Waals surface area contributed by atoms with Gasteiger partial charge >= 0.3 is 6.18 Å². The van der Waals surface area contributed by atoms with Crippen LogP contribution in [0.4, 0.5) is 24.7 Å². The monoisotopic (exact) mass is 345 g/mol. The van der Waals surface area contributed by atoms with Gasteiger partial charge in [0.2, 0.25) is 0 Å². The van der Waals surface area contributed by atoms with Gasteiger partial charge in [-0.25, -0.2) is 4.98 Å². The second-order valence-electron chi connectivity index (χ2n) is 4.15. The van der Waals surface area contributed by atoms with Crippen LogP contribution in [-0.2, 0) is 12.7 Å². The van der Waals surface area contributed by atoms with Crippen molar-refractivity contribution >= 4 is 27.4 Å². The third-order valence-electron chi connectivity index (χ3n) is 2.58. The molecule has 0 spiro atoms. The van der Waals surface area contributed by atoms with Gasteiger partial charge in [-0.3, -0.25) is 0 Å². The average Bonchev–Trinajstić information content (AvgIpc) is 2.37. The molecule has 20 heavy (non-hydrogen) atoms. The van der Waals surface area contributed by atoms with E-state index >= 15 is 0 Å². The fraction of sp³-hybridized carbons (Fsp3) is 0.154. The minimum Gasteiger partial charge on any atom is -0.397 e. The summed E-state index contributed by atoms with van der Waals surface area (Å²) in [5.41, 5.74) is 5.91. The average molecular weight is 346 g/mol. The van der Waals surface area contributed by atoms with Crippen molar-refractivity contribution in [3.8, 4) is 0 Å². The molecule has 0 atom stereocenters. The summed E-state index contributed by atoms with van der Waals surface area (Å²) in [5.74, 6) is 0.525. The second kappa shape index (κ2) is 5.70. The van der Waals surface area contributed by atoms with Gasteiger partial charge < -0.3 is 11.1 Å². The zero-order valence-corrected chi connectivity index (χ0v) is 11.8. The lowest BCUT2D eigenvalue weighted by Gasteiger charge is -2.11. The van der Waals surface area contributed by atoms with E-state index in [1.807, 2.05) is 0 Å². The molecule has 0 amide bonds. The Morgan fingerprint density at radius 1 is 1.25 bits per heavy atom. The molecule has 106 valence electrons. The van der Waals surface area contributed by atoms with Crippen molar-refractivity contribution in [1.82, 2.24) is 4.98 Å². The number of hydrogen-bond acceptors (Lipinski definition) is 3. The van der Waals surface area contributed by atoms with Gasteiger partial charge in [0, 0.05) is 6.54 Å². The van der Waals surface area contributed by atoms with Gasteiger partial charge in [0.15, 0.2) is 0 Å². The number of anilines is 2. The number of halogens is 4. The summed E-state index contributed by atoms with van der Waals surface area (Å²) in [5, 5.41) is 2.95. The molecular weight excluding hydrogens is 335 g/mol. The van der Waals surface area contributed by atoms with Crippen molar-refractivity contribution in [1.29, 1.82) is 0 Å². The molecule has 2 rings (SSSR count). The van der Waals surface area contributed by atoms with Crippen molar-refractivity contribution in [2.45, 2.75) is 12.7 Å². The summed E-state index contributed by atoms with van der Waals surface area (Å²) >= 11 is 3.28. The number of nitrogen functional groups attached to an aromatic ring is 1. The Morgan fingerprint density at radius 3 is 2.65 bits per heavy atom. The molecular formula is C13H11BrF3N3. The second-order valence-corrected chi connectivity index (χ2v) is 5.01. The fourth-order valence-corrected chi connectivity index (χ4v) is 2.13. The topological polar surface area (TPSA) is 50.9 Å². The molecule has 0 aliphatic heterocycles. The quantitative estimate of drug-likeness (QED) is 0.881. The SMILES string of the molecule is Nc1cnc(NCc2cccc(C(F)(F)F)c2)c(Br)c1. The molecule has 3 N–H and O–H groups in total. The van der Waals surface area contributed by atoms with Gasteiger partial charge in [-0.05, 0) is 39.7 Å². The number of aromatic nitrogens is 1. The van der Waals surface area contributed by atoms with E-state index in [1.54, 1.807) is 12.1 Å². The third kappa shape index (κ3) is 3.63. The smallest absolute Gasteiger partial charge is 0.397 e. The van der Waals surface area contributed by atoms with Crippen molar-refractivity contribution < 1.29 is 13.2 Å². The molecule has 0 fully saturated rings.